The average molecular weight is 208 g/mol. The van der Waals surface area contributed by atoms with Crippen LogP contribution in [0.4, 0.5) is 0 Å². The van der Waals surface area contributed by atoms with Crippen molar-refractivity contribution in [2.45, 2.75) is 48.0 Å². The van der Waals surface area contributed by atoms with Crippen molar-refractivity contribution < 1.29 is 4.79 Å². The SMILES string of the molecule is CC.CC.CC(=O)Cc1ccc(C)cc1. The molecule has 0 aliphatic carbocycles. The number of hydrogen-bond donors (Lipinski definition) is 0. The van der Waals surface area contributed by atoms with Gasteiger partial charge in [-0.25, -0.2) is 0 Å². The topological polar surface area (TPSA) is 17.1 Å². The van der Waals surface area contributed by atoms with E-state index in [0.717, 1.165) is 5.56 Å². The molecule has 0 heterocycles. The highest BCUT2D eigenvalue weighted by molar-refractivity contribution is 5.78. The van der Waals surface area contributed by atoms with Crippen LogP contribution in [0.3, 0.4) is 0 Å². The molecule has 0 saturated heterocycles. The average Bonchev–Trinajstić information content (AvgIpc) is 2.27. The van der Waals surface area contributed by atoms with Crippen LogP contribution in [0.25, 0.3) is 0 Å². The van der Waals surface area contributed by atoms with Gasteiger partial charge < -0.3 is 0 Å². The van der Waals surface area contributed by atoms with E-state index in [4.69, 9.17) is 0 Å². The molecule has 0 unspecified atom stereocenters. The molecule has 0 atom stereocenters. The molecular weight excluding hydrogens is 184 g/mol. The predicted molar refractivity (Wildman–Crippen MR) is 68.3 cm³/mol. The van der Waals surface area contributed by atoms with Crippen LogP contribution in [-0.4, -0.2) is 5.78 Å². The van der Waals surface area contributed by atoms with Gasteiger partial charge in [-0.2, -0.15) is 0 Å². The van der Waals surface area contributed by atoms with Crippen molar-refractivity contribution in [2.24, 2.45) is 0 Å². The summed E-state index contributed by atoms with van der Waals surface area (Å²) in [5, 5.41) is 0. The summed E-state index contributed by atoms with van der Waals surface area (Å²) in [6.07, 6.45) is 0.556. The molecule has 0 aliphatic heterocycles. The highest BCUT2D eigenvalue weighted by Crippen LogP contribution is 2.03. The number of benzene rings is 1. The molecule has 1 nitrogen and oxygen atoms in total. The van der Waals surface area contributed by atoms with Gasteiger partial charge in [0.1, 0.15) is 5.78 Å². The van der Waals surface area contributed by atoms with Gasteiger partial charge in [-0.3, -0.25) is 4.79 Å². The molecule has 0 fully saturated rings. The van der Waals surface area contributed by atoms with E-state index in [1.165, 1.54) is 5.56 Å². The molecule has 86 valence electrons. The van der Waals surface area contributed by atoms with Gasteiger partial charge >= 0.3 is 0 Å². The number of hydrogen-bond acceptors (Lipinski definition) is 1. The Hall–Kier alpha value is -1.11. The molecular formula is C14H24O. The van der Waals surface area contributed by atoms with Gasteiger partial charge in [-0.1, -0.05) is 57.5 Å². The van der Waals surface area contributed by atoms with Crippen LogP contribution < -0.4 is 0 Å². The Morgan fingerprint density at radius 1 is 1.00 bits per heavy atom. The Kier molecular flexibility index (Phi) is 11.9. The molecule has 1 rings (SSSR count). The second-order valence-corrected chi connectivity index (χ2v) is 2.86. The van der Waals surface area contributed by atoms with Crippen LogP contribution in [0.15, 0.2) is 24.3 Å². The first-order valence-electron chi connectivity index (χ1n) is 5.73. The molecule has 15 heavy (non-hydrogen) atoms. The smallest absolute Gasteiger partial charge is 0.134 e. The Morgan fingerprint density at radius 2 is 1.40 bits per heavy atom. The zero-order valence-corrected chi connectivity index (χ0v) is 10.9. The van der Waals surface area contributed by atoms with E-state index >= 15 is 0 Å². The maximum atomic E-state index is 10.7. The lowest BCUT2D eigenvalue weighted by atomic mass is 10.1. The van der Waals surface area contributed by atoms with Crippen molar-refractivity contribution in [2.75, 3.05) is 0 Å². The fraction of sp³-hybridized carbons (Fsp3) is 0.500. The van der Waals surface area contributed by atoms with Crippen LogP contribution in [0.5, 0.6) is 0 Å². The Labute approximate surface area is 94.5 Å². The molecule has 1 aromatic carbocycles. The maximum Gasteiger partial charge on any atom is 0.134 e. The lowest BCUT2D eigenvalue weighted by molar-refractivity contribution is -0.116. The number of ketones is 1. The molecule has 1 aromatic rings. The van der Waals surface area contributed by atoms with Gasteiger partial charge in [0.05, 0.1) is 0 Å². The third-order valence-electron chi connectivity index (χ3n) is 1.57. The number of carbonyl (C=O) groups excluding carboxylic acids is 1. The summed E-state index contributed by atoms with van der Waals surface area (Å²) in [4.78, 5) is 10.7. The zero-order chi connectivity index (χ0) is 12.3. The molecule has 0 bridgehead atoms. The van der Waals surface area contributed by atoms with E-state index in [9.17, 15) is 4.79 Å². The largest absolute Gasteiger partial charge is 0.300 e. The van der Waals surface area contributed by atoms with Crippen LogP contribution in [0, 0.1) is 6.92 Å². The summed E-state index contributed by atoms with van der Waals surface area (Å²) in [6, 6.07) is 8.05. The molecule has 0 aromatic heterocycles. The minimum absolute atomic E-state index is 0.217. The van der Waals surface area contributed by atoms with Gasteiger partial charge in [0.2, 0.25) is 0 Å². The maximum absolute atomic E-state index is 10.7. The molecule has 0 aliphatic rings. The van der Waals surface area contributed by atoms with E-state index in [1.807, 2.05) is 58.9 Å². The van der Waals surface area contributed by atoms with Gasteiger partial charge in [-0.05, 0) is 19.4 Å². The summed E-state index contributed by atoms with van der Waals surface area (Å²) in [5.74, 6) is 0.217. The van der Waals surface area contributed by atoms with Gasteiger partial charge in [0, 0.05) is 6.42 Å². The quantitative estimate of drug-likeness (QED) is 0.712. The van der Waals surface area contributed by atoms with Crippen LogP contribution in [0.2, 0.25) is 0 Å². The number of rotatable bonds is 2. The summed E-state index contributed by atoms with van der Waals surface area (Å²) >= 11 is 0. The molecule has 0 N–H and O–H groups in total. The molecule has 0 radical (unpaired) electrons. The van der Waals surface area contributed by atoms with Crippen molar-refractivity contribution in [3.63, 3.8) is 0 Å². The van der Waals surface area contributed by atoms with Gasteiger partial charge in [0.15, 0.2) is 0 Å². The molecule has 0 amide bonds. The summed E-state index contributed by atoms with van der Waals surface area (Å²) in [5.41, 5.74) is 2.33. The molecule has 0 spiro atoms. The van der Waals surface area contributed by atoms with E-state index in [1.54, 1.807) is 6.92 Å². The Morgan fingerprint density at radius 3 is 1.73 bits per heavy atom. The standard InChI is InChI=1S/C10H12O.2C2H6/c1-8-3-5-10(6-4-8)7-9(2)11;2*1-2/h3-6H,7H2,1-2H3;2*1-2H3. The van der Waals surface area contributed by atoms with E-state index in [-0.39, 0.29) is 5.78 Å². The monoisotopic (exact) mass is 208 g/mol. The van der Waals surface area contributed by atoms with Crippen LogP contribution >= 0.6 is 0 Å². The summed E-state index contributed by atoms with van der Waals surface area (Å²) < 4.78 is 0. The minimum Gasteiger partial charge on any atom is -0.300 e. The molecule has 1 heteroatoms. The number of carbonyl (C=O) groups is 1. The van der Waals surface area contributed by atoms with Crippen molar-refractivity contribution in [3.05, 3.63) is 35.4 Å². The highest BCUT2D eigenvalue weighted by atomic mass is 16.1. The predicted octanol–water partition coefficient (Wildman–Crippen LogP) is 4.18. The minimum atomic E-state index is 0.217. The Bertz CT molecular complexity index is 247. The van der Waals surface area contributed by atoms with E-state index < -0.39 is 0 Å². The third-order valence-corrected chi connectivity index (χ3v) is 1.57. The summed E-state index contributed by atoms with van der Waals surface area (Å²) in [6.45, 7) is 11.7. The van der Waals surface area contributed by atoms with E-state index in [0.29, 0.717) is 6.42 Å². The highest BCUT2D eigenvalue weighted by Gasteiger charge is 1.95. The number of aryl methyl sites for hydroxylation is 1. The lowest BCUT2D eigenvalue weighted by Crippen LogP contribution is -1.95. The Balaban J connectivity index is 0. The first kappa shape index (κ1) is 16.3. The fourth-order valence-corrected chi connectivity index (χ4v) is 0.993. The van der Waals surface area contributed by atoms with Crippen molar-refractivity contribution in [1.82, 2.24) is 0 Å². The number of Topliss-reactive ketones (excluding diaryl/α,β-unsaturated/α-hetero) is 1. The first-order chi connectivity index (χ1) is 7.18. The van der Waals surface area contributed by atoms with Gasteiger partial charge in [-0.15, -0.1) is 0 Å². The molecule has 0 saturated carbocycles. The fourth-order valence-electron chi connectivity index (χ4n) is 0.993. The van der Waals surface area contributed by atoms with E-state index in [2.05, 4.69) is 0 Å². The normalized spacial score (nSPS) is 7.87. The van der Waals surface area contributed by atoms with Crippen molar-refractivity contribution >= 4 is 5.78 Å². The van der Waals surface area contributed by atoms with Crippen LogP contribution in [0.1, 0.15) is 45.7 Å². The summed E-state index contributed by atoms with van der Waals surface area (Å²) in [7, 11) is 0. The first-order valence-corrected chi connectivity index (χ1v) is 5.73. The lowest BCUT2D eigenvalue weighted by Gasteiger charge is -1.96. The van der Waals surface area contributed by atoms with Crippen molar-refractivity contribution in [1.29, 1.82) is 0 Å². The van der Waals surface area contributed by atoms with Crippen LogP contribution in [-0.2, 0) is 11.2 Å². The van der Waals surface area contributed by atoms with Gasteiger partial charge in [0.25, 0.3) is 0 Å². The zero-order valence-electron chi connectivity index (χ0n) is 10.9. The third kappa shape index (κ3) is 9.20. The second kappa shape index (κ2) is 11.0. The second-order valence-electron chi connectivity index (χ2n) is 2.86. The van der Waals surface area contributed by atoms with Crippen molar-refractivity contribution in [3.8, 4) is 0 Å².